The Morgan fingerprint density at radius 2 is 1.59 bits per heavy atom. The van der Waals surface area contributed by atoms with Gasteiger partial charge in [0.15, 0.2) is 5.78 Å². The molecule has 0 fully saturated rings. The molecule has 0 atom stereocenters. The molecule has 22 heavy (non-hydrogen) atoms. The van der Waals surface area contributed by atoms with Gasteiger partial charge in [0.05, 0.1) is 21.3 Å². The molecular formula is C15H8F3O3S-. The van der Waals surface area contributed by atoms with Gasteiger partial charge >= 0.3 is 6.18 Å². The maximum absolute atomic E-state index is 12.4. The third-order valence-corrected chi connectivity index (χ3v) is 3.80. The topological polar surface area (TPSA) is 57.2 Å². The van der Waals surface area contributed by atoms with E-state index in [4.69, 9.17) is 0 Å². The van der Waals surface area contributed by atoms with Crippen molar-refractivity contribution in [3.8, 4) is 0 Å². The summed E-state index contributed by atoms with van der Waals surface area (Å²) in [5.74, 6) is -1.80. The Bertz CT molecular complexity index is 727. The molecule has 0 saturated carbocycles. The fourth-order valence-corrected chi connectivity index (χ4v) is 2.38. The molecule has 0 N–H and O–H groups in total. The highest BCUT2D eigenvalue weighted by Gasteiger charge is 2.29. The Hall–Kier alpha value is -2.41. The Morgan fingerprint density at radius 1 is 1.00 bits per heavy atom. The van der Waals surface area contributed by atoms with E-state index >= 15 is 0 Å². The number of thiophene rings is 1. The third-order valence-electron chi connectivity index (χ3n) is 2.72. The van der Waals surface area contributed by atoms with Gasteiger partial charge in [-0.2, -0.15) is 13.2 Å². The van der Waals surface area contributed by atoms with E-state index in [-0.39, 0.29) is 9.75 Å². The molecule has 0 amide bonds. The zero-order chi connectivity index (χ0) is 16.3. The van der Waals surface area contributed by atoms with Crippen LogP contribution in [-0.4, -0.2) is 11.8 Å². The molecule has 2 aromatic rings. The first kappa shape index (κ1) is 16.0. The van der Waals surface area contributed by atoms with Crippen LogP contribution in [0, 0.1) is 0 Å². The molecular weight excluding hydrogens is 317 g/mol. The molecule has 0 spiro atoms. The molecule has 0 saturated heterocycles. The highest BCUT2D eigenvalue weighted by molar-refractivity contribution is 7.16. The van der Waals surface area contributed by atoms with Crippen molar-refractivity contribution in [3.63, 3.8) is 0 Å². The van der Waals surface area contributed by atoms with Crippen molar-refractivity contribution >= 4 is 29.2 Å². The van der Waals surface area contributed by atoms with Crippen LogP contribution in [0.3, 0.4) is 0 Å². The highest BCUT2D eigenvalue weighted by Crippen LogP contribution is 2.29. The summed E-state index contributed by atoms with van der Waals surface area (Å²) < 4.78 is 37.2. The van der Waals surface area contributed by atoms with Crippen LogP contribution in [0.1, 0.15) is 30.5 Å². The quantitative estimate of drug-likeness (QED) is 0.641. The van der Waals surface area contributed by atoms with E-state index < -0.39 is 23.5 Å². The molecule has 2 rings (SSSR count). The lowest BCUT2D eigenvalue weighted by Crippen LogP contribution is -2.20. The number of carboxylic acids is 1. The van der Waals surface area contributed by atoms with E-state index in [1.807, 2.05) is 0 Å². The number of benzene rings is 1. The number of carboxylic acid groups (broad SMARTS) is 1. The lowest BCUT2D eigenvalue weighted by Gasteiger charge is -2.05. The number of hydrogen-bond donors (Lipinski definition) is 0. The number of allylic oxidation sites excluding steroid dienone is 1. The SMILES string of the molecule is O=C([O-])c1ccc(C(=O)/C=C/c2ccc(C(F)(F)F)cc2)s1. The van der Waals surface area contributed by atoms with Gasteiger partial charge in [-0.15, -0.1) is 11.3 Å². The van der Waals surface area contributed by atoms with Crippen LogP contribution in [0.4, 0.5) is 13.2 Å². The number of rotatable bonds is 4. The Labute approximate surface area is 127 Å². The number of aromatic carboxylic acids is 1. The fourth-order valence-electron chi connectivity index (χ4n) is 1.62. The van der Waals surface area contributed by atoms with E-state index in [0.29, 0.717) is 5.56 Å². The zero-order valence-electron chi connectivity index (χ0n) is 10.9. The first-order chi connectivity index (χ1) is 10.3. The van der Waals surface area contributed by atoms with E-state index in [9.17, 15) is 27.9 Å². The fraction of sp³-hybridized carbons (Fsp3) is 0.0667. The van der Waals surface area contributed by atoms with E-state index in [0.717, 1.165) is 23.5 Å². The lowest BCUT2D eigenvalue weighted by molar-refractivity contribution is -0.254. The summed E-state index contributed by atoms with van der Waals surface area (Å²) in [6, 6.07) is 6.95. The summed E-state index contributed by atoms with van der Waals surface area (Å²) in [5, 5.41) is 10.6. The molecule has 0 unspecified atom stereocenters. The first-order valence-electron chi connectivity index (χ1n) is 5.98. The lowest BCUT2D eigenvalue weighted by atomic mass is 10.1. The predicted octanol–water partition coefficient (Wildman–Crippen LogP) is 3.03. The molecule has 0 aliphatic carbocycles. The minimum Gasteiger partial charge on any atom is -0.544 e. The number of halogens is 3. The molecule has 0 aliphatic rings. The number of carbonyl (C=O) groups is 2. The van der Waals surface area contributed by atoms with Crippen molar-refractivity contribution in [2.24, 2.45) is 0 Å². The van der Waals surface area contributed by atoms with Gasteiger partial charge in [0.25, 0.3) is 0 Å². The van der Waals surface area contributed by atoms with Crippen LogP contribution in [-0.2, 0) is 6.18 Å². The van der Waals surface area contributed by atoms with Crippen LogP contribution in [0.15, 0.2) is 42.5 Å². The second kappa shape index (κ2) is 6.15. The molecule has 114 valence electrons. The summed E-state index contributed by atoms with van der Waals surface area (Å²) in [7, 11) is 0. The Balaban J connectivity index is 2.10. The van der Waals surface area contributed by atoms with Gasteiger partial charge in [0.1, 0.15) is 0 Å². The van der Waals surface area contributed by atoms with Crippen molar-refractivity contribution in [1.82, 2.24) is 0 Å². The average Bonchev–Trinajstić information content (AvgIpc) is 2.94. The van der Waals surface area contributed by atoms with Crippen LogP contribution in [0.25, 0.3) is 6.08 Å². The maximum Gasteiger partial charge on any atom is 0.416 e. The zero-order valence-corrected chi connectivity index (χ0v) is 11.7. The second-order valence-corrected chi connectivity index (χ2v) is 5.35. The number of alkyl halides is 3. The standard InChI is InChI=1S/C15H9F3O3S/c16-15(17,18)10-4-1-9(2-5-10)3-6-11(19)12-7-8-13(22-12)14(20)21/h1-8H,(H,20,21)/p-1/b6-3+. The van der Waals surface area contributed by atoms with Crippen LogP contribution in [0.2, 0.25) is 0 Å². The van der Waals surface area contributed by atoms with Crippen LogP contribution in [0.5, 0.6) is 0 Å². The minimum absolute atomic E-state index is 0.0636. The normalized spacial score (nSPS) is 11.8. The molecule has 0 aliphatic heterocycles. The van der Waals surface area contributed by atoms with Crippen LogP contribution >= 0.6 is 11.3 Å². The largest absolute Gasteiger partial charge is 0.544 e. The average molecular weight is 325 g/mol. The summed E-state index contributed by atoms with van der Waals surface area (Å²) in [6.45, 7) is 0. The van der Waals surface area contributed by atoms with Crippen molar-refractivity contribution in [1.29, 1.82) is 0 Å². The molecule has 0 bridgehead atoms. The molecule has 7 heteroatoms. The Kier molecular flexibility index (Phi) is 4.46. The van der Waals surface area contributed by atoms with E-state index in [1.54, 1.807) is 0 Å². The van der Waals surface area contributed by atoms with Gasteiger partial charge in [-0.1, -0.05) is 18.2 Å². The van der Waals surface area contributed by atoms with Crippen molar-refractivity contribution in [3.05, 3.63) is 63.4 Å². The molecule has 0 radical (unpaired) electrons. The number of ketones is 1. The molecule has 1 heterocycles. The van der Waals surface area contributed by atoms with Crippen molar-refractivity contribution < 1.29 is 27.9 Å². The summed E-state index contributed by atoms with van der Waals surface area (Å²) in [5.41, 5.74) is -0.342. The van der Waals surface area contributed by atoms with Gasteiger partial charge < -0.3 is 9.90 Å². The monoisotopic (exact) mass is 325 g/mol. The minimum atomic E-state index is -4.41. The predicted molar refractivity (Wildman–Crippen MR) is 73.5 cm³/mol. The van der Waals surface area contributed by atoms with Gasteiger partial charge in [0, 0.05) is 0 Å². The van der Waals surface area contributed by atoms with E-state index in [1.165, 1.54) is 36.4 Å². The highest BCUT2D eigenvalue weighted by atomic mass is 32.1. The van der Waals surface area contributed by atoms with Gasteiger partial charge in [-0.05, 0) is 35.9 Å². The summed E-state index contributed by atoms with van der Waals surface area (Å²) >= 11 is 0.778. The van der Waals surface area contributed by atoms with Gasteiger partial charge in [-0.3, -0.25) is 4.79 Å². The van der Waals surface area contributed by atoms with Gasteiger partial charge in [0.2, 0.25) is 0 Å². The van der Waals surface area contributed by atoms with Gasteiger partial charge in [-0.25, -0.2) is 0 Å². The molecule has 3 nitrogen and oxygen atoms in total. The Morgan fingerprint density at radius 3 is 2.09 bits per heavy atom. The molecule has 1 aromatic heterocycles. The van der Waals surface area contributed by atoms with Crippen molar-refractivity contribution in [2.45, 2.75) is 6.18 Å². The second-order valence-electron chi connectivity index (χ2n) is 4.27. The third kappa shape index (κ3) is 3.82. The smallest absolute Gasteiger partial charge is 0.416 e. The van der Waals surface area contributed by atoms with Crippen LogP contribution < -0.4 is 5.11 Å². The van der Waals surface area contributed by atoms with E-state index in [2.05, 4.69) is 0 Å². The van der Waals surface area contributed by atoms with Crippen molar-refractivity contribution in [2.75, 3.05) is 0 Å². The number of carbonyl (C=O) groups excluding carboxylic acids is 2. The summed E-state index contributed by atoms with van der Waals surface area (Å²) in [6.07, 6.45) is -1.87. The first-order valence-corrected chi connectivity index (χ1v) is 6.80. The summed E-state index contributed by atoms with van der Waals surface area (Å²) in [4.78, 5) is 22.6. The molecule has 1 aromatic carbocycles. The maximum atomic E-state index is 12.4. The number of hydrogen-bond acceptors (Lipinski definition) is 4.